The zero-order valence-electron chi connectivity index (χ0n) is 9.64. The molecule has 19 heavy (non-hydrogen) atoms. The van der Waals surface area contributed by atoms with E-state index in [0.717, 1.165) is 5.56 Å². The number of anilines is 1. The monoisotopic (exact) mass is 297 g/mol. The third-order valence-corrected chi connectivity index (χ3v) is 3.14. The van der Waals surface area contributed by atoms with Crippen LogP contribution in [0.3, 0.4) is 0 Å². The molecule has 0 radical (unpaired) electrons. The lowest BCUT2D eigenvalue weighted by molar-refractivity contribution is -0.384. The van der Waals surface area contributed by atoms with Crippen LogP contribution in [0.1, 0.15) is 5.56 Å². The number of nitrogens with zero attached hydrogens (tertiary/aromatic N) is 2. The van der Waals surface area contributed by atoms with Crippen molar-refractivity contribution in [2.24, 2.45) is 0 Å². The maximum Gasteiger partial charge on any atom is 0.329 e. The molecule has 1 N–H and O–H groups in total. The summed E-state index contributed by atoms with van der Waals surface area (Å²) >= 11 is 11.8. The second-order valence-corrected chi connectivity index (χ2v) is 4.51. The molecule has 0 saturated heterocycles. The molecule has 0 spiro atoms. The topological polar surface area (TPSA) is 68.1 Å². The van der Waals surface area contributed by atoms with Crippen molar-refractivity contribution >= 4 is 34.7 Å². The van der Waals surface area contributed by atoms with Gasteiger partial charge < -0.3 is 5.32 Å². The number of nitro groups is 1. The van der Waals surface area contributed by atoms with Gasteiger partial charge in [0.05, 0.1) is 4.92 Å². The van der Waals surface area contributed by atoms with Gasteiger partial charge in [-0.05, 0) is 17.7 Å². The predicted molar refractivity (Wildman–Crippen MR) is 74.7 cm³/mol. The largest absolute Gasteiger partial charge is 0.360 e. The quantitative estimate of drug-likeness (QED) is 0.686. The first-order valence-corrected chi connectivity index (χ1v) is 6.11. The summed E-state index contributed by atoms with van der Waals surface area (Å²) in [5.74, 6) is 0.123. The highest BCUT2D eigenvalue weighted by molar-refractivity contribution is 6.33. The first kappa shape index (κ1) is 13.6. The maximum absolute atomic E-state index is 10.9. The highest BCUT2D eigenvalue weighted by atomic mass is 35.5. The average molecular weight is 298 g/mol. The standard InChI is InChI=1S/C12H9Cl2N3O2/c13-9-4-2-1-3-8(9)7-16-12-11(17(18)19)10(14)5-6-15-12/h1-6H,7H2,(H,15,16). The van der Waals surface area contributed by atoms with Crippen LogP contribution < -0.4 is 5.32 Å². The normalized spacial score (nSPS) is 10.2. The summed E-state index contributed by atoms with van der Waals surface area (Å²) in [5, 5.41) is 14.4. The van der Waals surface area contributed by atoms with Crippen LogP contribution in [0.15, 0.2) is 36.5 Å². The molecule has 0 aliphatic heterocycles. The molecule has 2 rings (SSSR count). The third-order valence-electron chi connectivity index (χ3n) is 2.46. The van der Waals surface area contributed by atoms with E-state index in [1.165, 1.54) is 12.3 Å². The van der Waals surface area contributed by atoms with E-state index in [4.69, 9.17) is 23.2 Å². The summed E-state index contributed by atoms with van der Waals surface area (Å²) in [6, 6.07) is 8.60. The molecule has 0 bridgehead atoms. The van der Waals surface area contributed by atoms with Gasteiger partial charge in [-0.25, -0.2) is 4.98 Å². The fraction of sp³-hybridized carbons (Fsp3) is 0.0833. The molecule has 0 aliphatic rings. The Kier molecular flexibility index (Phi) is 4.19. The first-order valence-electron chi connectivity index (χ1n) is 5.35. The number of pyridine rings is 1. The van der Waals surface area contributed by atoms with E-state index in [9.17, 15) is 10.1 Å². The van der Waals surface area contributed by atoms with Crippen LogP contribution in [-0.4, -0.2) is 9.91 Å². The van der Waals surface area contributed by atoms with Gasteiger partial charge in [0.25, 0.3) is 0 Å². The predicted octanol–water partition coefficient (Wildman–Crippen LogP) is 3.91. The van der Waals surface area contributed by atoms with Gasteiger partial charge in [0.1, 0.15) is 5.02 Å². The van der Waals surface area contributed by atoms with Gasteiger partial charge >= 0.3 is 5.69 Å². The number of hydrogen-bond acceptors (Lipinski definition) is 4. The van der Waals surface area contributed by atoms with Crippen molar-refractivity contribution < 1.29 is 4.92 Å². The smallest absolute Gasteiger partial charge is 0.329 e. The molecule has 1 aromatic heterocycles. The van der Waals surface area contributed by atoms with Crippen LogP contribution in [-0.2, 0) is 6.54 Å². The molecule has 0 aliphatic carbocycles. The second-order valence-electron chi connectivity index (χ2n) is 3.69. The van der Waals surface area contributed by atoms with Gasteiger partial charge in [0, 0.05) is 17.8 Å². The van der Waals surface area contributed by atoms with E-state index < -0.39 is 4.92 Å². The van der Waals surface area contributed by atoms with Gasteiger partial charge in [-0.2, -0.15) is 0 Å². The lowest BCUT2D eigenvalue weighted by atomic mass is 10.2. The van der Waals surface area contributed by atoms with Gasteiger partial charge in [-0.1, -0.05) is 41.4 Å². The van der Waals surface area contributed by atoms with Crippen LogP contribution in [0.5, 0.6) is 0 Å². The minimum atomic E-state index is -0.565. The molecule has 0 amide bonds. The molecule has 0 unspecified atom stereocenters. The molecule has 7 heteroatoms. The summed E-state index contributed by atoms with van der Waals surface area (Å²) in [4.78, 5) is 14.3. The molecular weight excluding hydrogens is 289 g/mol. The number of nitrogens with one attached hydrogen (secondary N) is 1. The summed E-state index contributed by atoms with van der Waals surface area (Å²) in [6.45, 7) is 0.327. The zero-order valence-corrected chi connectivity index (χ0v) is 11.1. The number of benzene rings is 1. The zero-order chi connectivity index (χ0) is 13.8. The van der Waals surface area contributed by atoms with Gasteiger partial charge in [0.2, 0.25) is 5.82 Å². The fourth-order valence-electron chi connectivity index (χ4n) is 1.55. The van der Waals surface area contributed by atoms with Crippen molar-refractivity contribution in [1.29, 1.82) is 0 Å². The minimum absolute atomic E-state index is 0.0432. The van der Waals surface area contributed by atoms with Gasteiger partial charge in [-0.15, -0.1) is 0 Å². The Morgan fingerprint density at radius 3 is 2.63 bits per heavy atom. The molecule has 0 saturated carbocycles. The SMILES string of the molecule is O=[N+]([O-])c1c(Cl)ccnc1NCc1ccccc1Cl. The second kappa shape index (κ2) is 5.86. The molecular formula is C12H9Cl2N3O2. The highest BCUT2D eigenvalue weighted by Gasteiger charge is 2.19. The lowest BCUT2D eigenvalue weighted by Gasteiger charge is -2.08. The van der Waals surface area contributed by atoms with E-state index in [1.54, 1.807) is 6.07 Å². The number of halogens is 2. The Bertz CT molecular complexity index is 620. The van der Waals surface area contributed by atoms with E-state index in [-0.39, 0.29) is 16.5 Å². The minimum Gasteiger partial charge on any atom is -0.360 e. The van der Waals surface area contributed by atoms with Crippen LogP contribution in [0.25, 0.3) is 0 Å². The molecule has 98 valence electrons. The summed E-state index contributed by atoms with van der Waals surface area (Å²) < 4.78 is 0. The van der Waals surface area contributed by atoms with E-state index >= 15 is 0 Å². The van der Waals surface area contributed by atoms with Crippen LogP contribution in [0.2, 0.25) is 10.0 Å². The van der Waals surface area contributed by atoms with E-state index in [2.05, 4.69) is 10.3 Å². The third kappa shape index (κ3) is 3.13. The van der Waals surface area contributed by atoms with Crippen LogP contribution >= 0.6 is 23.2 Å². The van der Waals surface area contributed by atoms with Gasteiger partial charge in [0.15, 0.2) is 0 Å². The lowest BCUT2D eigenvalue weighted by Crippen LogP contribution is -2.05. The number of hydrogen-bond donors (Lipinski definition) is 1. The molecule has 0 atom stereocenters. The number of rotatable bonds is 4. The van der Waals surface area contributed by atoms with Crippen LogP contribution in [0, 0.1) is 10.1 Å². The fourth-order valence-corrected chi connectivity index (χ4v) is 1.97. The molecule has 1 aromatic carbocycles. The van der Waals surface area contributed by atoms with Crippen molar-refractivity contribution in [3.63, 3.8) is 0 Å². The van der Waals surface area contributed by atoms with E-state index in [1.807, 2.05) is 18.2 Å². The highest BCUT2D eigenvalue weighted by Crippen LogP contribution is 2.30. The van der Waals surface area contributed by atoms with Crippen LogP contribution in [0.4, 0.5) is 11.5 Å². The summed E-state index contributed by atoms with van der Waals surface area (Å²) in [5.41, 5.74) is 0.580. The molecule has 5 nitrogen and oxygen atoms in total. The van der Waals surface area contributed by atoms with Crippen molar-refractivity contribution in [2.45, 2.75) is 6.54 Å². The van der Waals surface area contributed by atoms with Crippen molar-refractivity contribution in [1.82, 2.24) is 4.98 Å². The van der Waals surface area contributed by atoms with E-state index in [0.29, 0.717) is 11.6 Å². The molecule has 2 aromatic rings. The molecule has 1 heterocycles. The summed E-state index contributed by atoms with van der Waals surface area (Å²) in [6.07, 6.45) is 1.41. The Labute approximate surface area is 119 Å². The Morgan fingerprint density at radius 1 is 1.21 bits per heavy atom. The maximum atomic E-state index is 10.9. The van der Waals surface area contributed by atoms with Gasteiger partial charge in [-0.3, -0.25) is 10.1 Å². The first-order chi connectivity index (χ1) is 9.09. The van der Waals surface area contributed by atoms with Crippen molar-refractivity contribution in [2.75, 3.05) is 5.32 Å². The van der Waals surface area contributed by atoms with Crippen molar-refractivity contribution in [3.05, 3.63) is 62.3 Å². The number of aromatic nitrogens is 1. The Morgan fingerprint density at radius 2 is 1.95 bits per heavy atom. The van der Waals surface area contributed by atoms with Crippen molar-refractivity contribution in [3.8, 4) is 0 Å². The average Bonchev–Trinajstić information content (AvgIpc) is 2.37. The molecule has 0 fully saturated rings. The summed E-state index contributed by atoms with van der Waals surface area (Å²) in [7, 11) is 0. The Balaban J connectivity index is 2.23. The Hall–Kier alpha value is -1.85.